The maximum atomic E-state index is 10.6. The summed E-state index contributed by atoms with van der Waals surface area (Å²) in [6.45, 7) is 5.92. The number of carboxylic acids is 3. The van der Waals surface area contributed by atoms with Gasteiger partial charge in [-0.25, -0.2) is 9.59 Å². The van der Waals surface area contributed by atoms with E-state index in [1.807, 2.05) is 18.2 Å². The zero-order chi connectivity index (χ0) is 23.4. The molecule has 2 aliphatic carbocycles. The lowest BCUT2D eigenvalue weighted by atomic mass is 9.89. The van der Waals surface area contributed by atoms with Crippen molar-refractivity contribution in [2.24, 2.45) is 17.8 Å². The van der Waals surface area contributed by atoms with Crippen molar-refractivity contribution in [1.29, 1.82) is 0 Å². The van der Waals surface area contributed by atoms with Crippen LogP contribution in [0.4, 0.5) is 0 Å². The van der Waals surface area contributed by atoms with E-state index in [4.69, 9.17) is 15.3 Å². The van der Waals surface area contributed by atoms with Gasteiger partial charge in [0.15, 0.2) is 0 Å². The van der Waals surface area contributed by atoms with Crippen LogP contribution in [0.2, 0.25) is 0 Å². The van der Waals surface area contributed by atoms with Gasteiger partial charge in [-0.05, 0) is 54.0 Å². The van der Waals surface area contributed by atoms with Crippen LogP contribution in [-0.4, -0.2) is 33.2 Å². The van der Waals surface area contributed by atoms with Crippen molar-refractivity contribution in [1.82, 2.24) is 0 Å². The van der Waals surface area contributed by atoms with Gasteiger partial charge in [-0.2, -0.15) is 0 Å². The van der Waals surface area contributed by atoms with E-state index in [-0.39, 0.29) is 5.92 Å². The maximum Gasteiger partial charge on any atom is 0.327 e. The summed E-state index contributed by atoms with van der Waals surface area (Å²) in [5.74, 6) is -1.23. The van der Waals surface area contributed by atoms with Crippen LogP contribution in [-0.2, 0) is 14.4 Å². The lowest BCUT2D eigenvalue weighted by Crippen LogP contribution is -2.19. The number of aliphatic carboxylic acids is 3. The van der Waals surface area contributed by atoms with Crippen LogP contribution in [0.5, 0.6) is 0 Å². The molecule has 0 aliphatic heterocycles. The van der Waals surface area contributed by atoms with Gasteiger partial charge in [0.1, 0.15) is 0 Å². The van der Waals surface area contributed by atoms with E-state index in [9.17, 15) is 14.4 Å². The molecule has 0 radical (unpaired) electrons. The molecule has 31 heavy (non-hydrogen) atoms. The molecule has 166 valence electrons. The van der Waals surface area contributed by atoms with E-state index in [0.717, 1.165) is 29.4 Å². The minimum absolute atomic E-state index is 0.0127. The lowest BCUT2D eigenvalue weighted by molar-refractivity contribution is -0.143. The van der Waals surface area contributed by atoms with E-state index in [1.54, 1.807) is 0 Å². The van der Waals surface area contributed by atoms with Crippen molar-refractivity contribution < 1.29 is 29.7 Å². The van der Waals surface area contributed by atoms with Gasteiger partial charge < -0.3 is 15.3 Å². The summed E-state index contributed by atoms with van der Waals surface area (Å²) in [5, 5.41) is 26.5. The number of carbonyl (C=O) groups is 3. The van der Waals surface area contributed by atoms with Gasteiger partial charge >= 0.3 is 17.9 Å². The molecule has 0 saturated heterocycles. The van der Waals surface area contributed by atoms with Gasteiger partial charge in [0, 0.05) is 17.0 Å². The van der Waals surface area contributed by atoms with Crippen LogP contribution in [0.1, 0.15) is 25.7 Å². The Hall–Kier alpha value is -3.06. The van der Waals surface area contributed by atoms with Gasteiger partial charge in [-0.3, -0.25) is 4.79 Å². The summed E-state index contributed by atoms with van der Waals surface area (Å²) in [6, 6.07) is 14.4. The van der Waals surface area contributed by atoms with Crippen molar-refractivity contribution in [3.8, 4) is 0 Å². The number of benzene rings is 2. The average molecular weight is 445 g/mol. The second-order valence-electron chi connectivity index (χ2n) is 7.24. The van der Waals surface area contributed by atoms with Crippen LogP contribution in [0, 0.1) is 17.8 Å². The molecule has 7 heteroatoms. The van der Waals surface area contributed by atoms with Crippen molar-refractivity contribution >= 4 is 41.3 Å². The summed E-state index contributed by atoms with van der Waals surface area (Å²) < 4.78 is 0. The average Bonchev–Trinajstić information content (AvgIpc) is 3.39. The van der Waals surface area contributed by atoms with E-state index < -0.39 is 17.9 Å². The molecule has 2 aromatic carbocycles. The summed E-state index contributed by atoms with van der Waals surface area (Å²) >= 11 is 4.26. The topological polar surface area (TPSA) is 112 Å². The van der Waals surface area contributed by atoms with E-state index in [1.165, 1.54) is 30.0 Å². The van der Waals surface area contributed by atoms with Gasteiger partial charge in [0.2, 0.25) is 0 Å². The first-order chi connectivity index (χ1) is 14.7. The Morgan fingerprint density at radius 1 is 0.871 bits per heavy atom. The van der Waals surface area contributed by atoms with Crippen molar-refractivity contribution in [2.45, 2.75) is 30.6 Å². The smallest absolute Gasteiger partial charge is 0.327 e. The fourth-order valence-corrected chi connectivity index (χ4v) is 3.94. The number of fused-ring (bicyclic) bond motifs is 3. The van der Waals surface area contributed by atoms with Crippen molar-refractivity contribution in [3.63, 3.8) is 0 Å². The standard InChI is InChI=1S/C10H8S.C8H12O2.2C3H4O2/c11-10-6-5-8-3-1-2-4-9(8)7-10;9-8(10)7-4-5-1-2-6(7)3-5;2*1-2-3(4)5/h1-7,11H;5-7H,1-4H2,(H,9,10);2*2H,1H2,(H,4,5). The fraction of sp³-hybridized carbons (Fsp3) is 0.292. The van der Waals surface area contributed by atoms with Gasteiger partial charge in [0.05, 0.1) is 5.92 Å². The predicted molar refractivity (Wildman–Crippen MR) is 123 cm³/mol. The highest BCUT2D eigenvalue weighted by atomic mass is 32.1. The first-order valence-electron chi connectivity index (χ1n) is 9.79. The number of thiol groups is 1. The number of hydrogen-bond acceptors (Lipinski definition) is 4. The Balaban J connectivity index is 0.000000222. The summed E-state index contributed by atoms with van der Waals surface area (Å²) in [7, 11) is 0. The summed E-state index contributed by atoms with van der Waals surface area (Å²) in [4.78, 5) is 30.1. The highest BCUT2D eigenvalue weighted by Crippen LogP contribution is 2.48. The zero-order valence-corrected chi connectivity index (χ0v) is 18.1. The fourth-order valence-electron chi connectivity index (χ4n) is 3.72. The molecule has 0 amide bonds. The van der Waals surface area contributed by atoms with Crippen molar-refractivity contribution in [2.75, 3.05) is 0 Å². The van der Waals surface area contributed by atoms with Crippen LogP contribution >= 0.6 is 12.6 Å². The largest absolute Gasteiger partial charge is 0.481 e. The molecule has 4 rings (SSSR count). The Morgan fingerprint density at radius 2 is 1.42 bits per heavy atom. The molecule has 0 heterocycles. The minimum Gasteiger partial charge on any atom is -0.481 e. The normalized spacial score (nSPS) is 20.0. The summed E-state index contributed by atoms with van der Waals surface area (Å²) in [5.41, 5.74) is 0. The molecule has 0 aromatic heterocycles. The molecule has 2 bridgehead atoms. The molecular formula is C24H28O6S. The Labute approximate surface area is 187 Å². The maximum absolute atomic E-state index is 10.6. The van der Waals surface area contributed by atoms with Crippen LogP contribution < -0.4 is 0 Å². The highest BCUT2D eigenvalue weighted by molar-refractivity contribution is 7.80. The Bertz CT molecular complexity index is 905. The third kappa shape index (κ3) is 9.53. The third-order valence-corrected chi connectivity index (χ3v) is 5.42. The summed E-state index contributed by atoms with van der Waals surface area (Å²) in [6.07, 6.45) is 6.27. The minimum atomic E-state index is -0.981. The van der Waals surface area contributed by atoms with Gasteiger partial charge in [0.25, 0.3) is 0 Å². The molecule has 2 fully saturated rings. The number of rotatable bonds is 3. The van der Waals surface area contributed by atoms with Gasteiger partial charge in [-0.1, -0.05) is 49.9 Å². The second kappa shape index (κ2) is 13.3. The molecule has 6 nitrogen and oxygen atoms in total. The Morgan fingerprint density at radius 3 is 1.81 bits per heavy atom. The van der Waals surface area contributed by atoms with Crippen LogP contribution in [0.25, 0.3) is 10.8 Å². The molecule has 0 spiro atoms. The zero-order valence-electron chi connectivity index (χ0n) is 17.2. The van der Waals surface area contributed by atoms with E-state index in [2.05, 4.69) is 50.1 Å². The van der Waals surface area contributed by atoms with Gasteiger partial charge in [-0.15, -0.1) is 12.6 Å². The highest BCUT2D eigenvalue weighted by Gasteiger charge is 2.42. The molecular weight excluding hydrogens is 416 g/mol. The number of hydrogen-bond donors (Lipinski definition) is 4. The van der Waals surface area contributed by atoms with E-state index in [0.29, 0.717) is 5.92 Å². The predicted octanol–water partition coefficient (Wildman–Crippen LogP) is 5.15. The number of carboxylic acid groups (broad SMARTS) is 3. The van der Waals surface area contributed by atoms with E-state index >= 15 is 0 Å². The molecule has 3 unspecified atom stereocenters. The molecule has 3 N–H and O–H groups in total. The SMILES string of the molecule is C=CC(=O)O.C=CC(=O)O.O=C(O)C1CC2CCC1C2.Sc1ccc2ccccc2c1. The first kappa shape index (κ1) is 26.0. The molecule has 2 aromatic rings. The molecule has 3 atom stereocenters. The molecule has 2 saturated carbocycles. The third-order valence-electron chi connectivity index (χ3n) is 5.14. The monoisotopic (exact) mass is 444 g/mol. The molecule has 2 aliphatic rings. The lowest BCUT2D eigenvalue weighted by Gasteiger charge is -2.16. The Kier molecular flexibility index (Phi) is 11.1. The van der Waals surface area contributed by atoms with Crippen LogP contribution in [0.3, 0.4) is 0 Å². The second-order valence-corrected chi connectivity index (χ2v) is 7.75. The first-order valence-corrected chi connectivity index (χ1v) is 10.2. The van der Waals surface area contributed by atoms with Crippen LogP contribution in [0.15, 0.2) is 72.7 Å². The quantitative estimate of drug-likeness (QED) is 0.385. The van der Waals surface area contributed by atoms with Crippen molar-refractivity contribution in [3.05, 3.63) is 67.8 Å².